The Labute approximate surface area is 136 Å². The van der Waals surface area contributed by atoms with Crippen LogP contribution in [0.4, 0.5) is 5.69 Å². The zero-order valence-corrected chi connectivity index (χ0v) is 13.2. The number of hydrogen-bond donors (Lipinski definition) is 0. The summed E-state index contributed by atoms with van der Waals surface area (Å²) in [6, 6.07) is 9.54. The molecule has 0 N–H and O–H groups in total. The van der Waals surface area contributed by atoms with E-state index in [0.717, 1.165) is 18.8 Å². The lowest BCUT2D eigenvalue weighted by atomic mass is 10.2. The van der Waals surface area contributed by atoms with Crippen LogP contribution in [0.1, 0.15) is 5.56 Å². The number of carbonyl (C=O) groups excluding carboxylic acids is 2. The van der Waals surface area contributed by atoms with Crippen molar-refractivity contribution in [1.29, 1.82) is 5.26 Å². The van der Waals surface area contributed by atoms with Crippen LogP contribution in [-0.4, -0.2) is 61.4 Å². The molecule has 2 amide bonds. The summed E-state index contributed by atoms with van der Waals surface area (Å²) >= 11 is 0. The van der Waals surface area contributed by atoms with Crippen molar-refractivity contribution in [2.75, 3.05) is 44.7 Å². The van der Waals surface area contributed by atoms with E-state index in [1.807, 2.05) is 12.1 Å². The minimum atomic E-state index is -0.255. The van der Waals surface area contributed by atoms with E-state index >= 15 is 0 Å². The van der Waals surface area contributed by atoms with Crippen molar-refractivity contribution in [3.8, 4) is 6.07 Å². The lowest BCUT2D eigenvalue weighted by molar-refractivity contribution is -0.137. The highest BCUT2D eigenvalue weighted by atomic mass is 16.2. The summed E-state index contributed by atoms with van der Waals surface area (Å²) in [6.07, 6.45) is 1.20. The topological polar surface area (TPSA) is 67.7 Å². The van der Waals surface area contributed by atoms with Gasteiger partial charge in [-0.3, -0.25) is 9.59 Å². The van der Waals surface area contributed by atoms with Crippen LogP contribution in [0.15, 0.2) is 36.9 Å². The third-order valence-electron chi connectivity index (χ3n) is 3.92. The fraction of sp³-hybridized carbons (Fsp3) is 0.353. The molecule has 0 bridgehead atoms. The molecule has 1 aromatic carbocycles. The Hall–Kier alpha value is -2.81. The maximum atomic E-state index is 12.2. The van der Waals surface area contributed by atoms with Crippen molar-refractivity contribution in [1.82, 2.24) is 9.80 Å². The first-order valence-corrected chi connectivity index (χ1v) is 7.45. The number of anilines is 1. The second kappa shape index (κ2) is 7.45. The first kappa shape index (κ1) is 16.6. The SMILES string of the molecule is C=CC(=O)N(C)CC(=O)N1CCN(c2ccc(C#N)cc2)CC1. The third kappa shape index (κ3) is 4.10. The van der Waals surface area contributed by atoms with Gasteiger partial charge < -0.3 is 14.7 Å². The molecule has 1 heterocycles. The Morgan fingerprint density at radius 1 is 1.26 bits per heavy atom. The smallest absolute Gasteiger partial charge is 0.246 e. The van der Waals surface area contributed by atoms with Crippen molar-refractivity contribution in [3.05, 3.63) is 42.5 Å². The number of hydrogen-bond acceptors (Lipinski definition) is 4. The fourth-order valence-corrected chi connectivity index (χ4v) is 2.50. The van der Waals surface area contributed by atoms with Gasteiger partial charge in [0.15, 0.2) is 0 Å². The predicted octanol–water partition coefficient (Wildman–Crippen LogP) is 0.851. The van der Waals surface area contributed by atoms with E-state index < -0.39 is 0 Å². The van der Waals surface area contributed by atoms with Crippen molar-refractivity contribution in [2.24, 2.45) is 0 Å². The Morgan fingerprint density at radius 2 is 1.87 bits per heavy atom. The lowest BCUT2D eigenvalue weighted by Gasteiger charge is -2.36. The van der Waals surface area contributed by atoms with Crippen LogP contribution in [0.3, 0.4) is 0 Å². The average molecular weight is 312 g/mol. The van der Waals surface area contributed by atoms with Crippen LogP contribution in [-0.2, 0) is 9.59 Å². The number of nitrogens with zero attached hydrogens (tertiary/aromatic N) is 4. The van der Waals surface area contributed by atoms with Crippen LogP contribution in [0.2, 0.25) is 0 Å². The zero-order chi connectivity index (χ0) is 16.8. The van der Waals surface area contributed by atoms with Gasteiger partial charge in [0.25, 0.3) is 0 Å². The van der Waals surface area contributed by atoms with E-state index in [9.17, 15) is 9.59 Å². The number of amides is 2. The van der Waals surface area contributed by atoms with E-state index in [2.05, 4.69) is 17.5 Å². The van der Waals surface area contributed by atoms with Crippen LogP contribution < -0.4 is 4.90 Å². The molecule has 0 radical (unpaired) electrons. The standard InChI is InChI=1S/C17H20N4O2/c1-3-16(22)19(2)13-17(23)21-10-8-20(9-11-21)15-6-4-14(12-18)5-7-15/h3-7H,1,8-11,13H2,2H3. The lowest BCUT2D eigenvalue weighted by Crippen LogP contribution is -2.51. The number of rotatable bonds is 4. The van der Waals surface area contributed by atoms with Gasteiger partial charge in [0.05, 0.1) is 18.2 Å². The van der Waals surface area contributed by atoms with E-state index in [4.69, 9.17) is 5.26 Å². The molecular formula is C17H20N4O2. The fourth-order valence-electron chi connectivity index (χ4n) is 2.50. The zero-order valence-electron chi connectivity index (χ0n) is 13.2. The molecule has 0 unspecified atom stereocenters. The summed E-state index contributed by atoms with van der Waals surface area (Å²) in [6.45, 7) is 6.19. The Kier molecular flexibility index (Phi) is 5.36. The highest BCUT2D eigenvalue weighted by Gasteiger charge is 2.22. The van der Waals surface area contributed by atoms with Gasteiger partial charge in [-0.1, -0.05) is 6.58 Å². The largest absolute Gasteiger partial charge is 0.368 e. The molecule has 0 atom stereocenters. The molecule has 120 valence electrons. The Bertz CT molecular complexity index is 625. The predicted molar refractivity (Wildman–Crippen MR) is 87.8 cm³/mol. The average Bonchev–Trinajstić information content (AvgIpc) is 2.61. The maximum Gasteiger partial charge on any atom is 0.246 e. The molecular weight excluding hydrogens is 292 g/mol. The number of likely N-dealkylation sites (N-methyl/N-ethyl adjacent to an activating group) is 1. The number of piperazine rings is 1. The van der Waals surface area contributed by atoms with Crippen LogP contribution in [0, 0.1) is 11.3 Å². The maximum absolute atomic E-state index is 12.2. The summed E-state index contributed by atoms with van der Waals surface area (Å²) in [4.78, 5) is 28.9. The third-order valence-corrected chi connectivity index (χ3v) is 3.92. The van der Waals surface area contributed by atoms with Crippen LogP contribution in [0.25, 0.3) is 0 Å². The number of nitriles is 1. The molecule has 1 aromatic rings. The summed E-state index contributed by atoms with van der Waals surface area (Å²) < 4.78 is 0. The molecule has 6 heteroatoms. The summed E-state index contributed by atoms with van der Waals surface area (Å²) in [5, 5.41) is 8.82. The van der Waals surface area contributed by atoms with Crippen molar-refractivity contribution < 1.29 is 9.59 Å². The summed E-state index contributed by atoms with van der Waals surface area (Å²) in [5.41, 5.74) is 1.69. The van der Waals surface area contributed by atoms with Gasteiger partial charge in [-0.25, -0.2) is 0 Å². The number of carbonyl (C=O) groups is 2. The first-order chi connectivity index (χ1) is 11.0. The van der Waals surface area contributed by atoms with Crippen LogP contribution in [0.5, 0.6) is 0 Å². The molecule has 2 rings (SSSR count). The van der Waals surface area contributed by atoms with Gasteiger partial charge in [0.1, 0.15) is 0 Å². The highest BCUT2D eigenvalue weighted by molar-refractivity contribution is 5.90. The van der Waals surface area contributed by atoms with Gasteiger partial charge >= 0.3 is 0 Å². The van der Waals surface area contributed by atoms with E-state index in [1.54, 1.807) is 24.1 Å². The van der Waals surface area contributed by atoms with E-state index in [1.165, 1.54) is 11.0 Å². The van der Waals surface area contributed by atoms with E-state index in [-0.39, 0.29) is 18.4 Å². The molecule has 0 spiro atoms. The normalized spacial score (nSPS) is 14.1. The van der Waals surface area contributed by atoms with Gasteiger partial charge in [-0.05, 0) is 30.3 Å². The second-order valence-electron chi connectivity index (χ2n) is 5.42. The molecule has 1 fully saturated rings. The molecule has 0 aromatic heterocycles. The quantitative estimate of drug-likeness (QED) is 0.773. The first-order valence-electron chi connectivity index (χ1n) is 7.45. The van der Waals surface area contributed by atoms with Crippen LogP contribution >= 0.6 is 0 Å². The Morgan fingerprint density at radius 3 is 2.39 bits per heavy atom. The molecule has 23 heavy (non-hydrogen) atoms. The van der Waals surface area contributed by atoms with Gasteiger partial charge in [0.2, 0.25) is 11.8 Å². The molecule has 0 aliphatic carbocycles. The summed E-state index contributed by atoms with van der Waals surface area (Å²) in [5.74, 6) is -0.309. The molecule has 0 saturated carbocycles. The van der Waals surface area contributed by atoms with E-state index in [0.29, 0.717) is 18.7 Å². The minimum absolute atomic E-state index is 0.0535. The Balaban J connectivity index is 1.87. The monoisotopic (exact) mass is 312 g/mol. The van der Waals surface area contributed by atoms with Crippen molar-refractivity contribution >= 4 is 17.5 Å². The van der Waals surface area contributed by atoms with Gasteiger partial charge in [-0.2, -0.15) is 5.26 Å². The number of benzene rings is 1. The molecule has 6 nitrogen and oxygen atoms in total. The second-order valence-corrected chi connectivity index (χ2v) is 5.42. The van der Waals surface area contributed by atoms with Crippen molar-refractivity contribution in [2.45, 2.75) is 0 Å². The minimum Gasteiger partial charge on any atom is -0.368 e. The van der Waals surface area contributed by atoms with Gasteiger partial charge in [-0.15, -0.1) is 0 Å². The molecule has 1 aliphatic heterocycles. The summed E-state index contributed by atoms with van der Waals surface area (Å²) in [7, 11) is 1.59. The molecule has 1 saturated heterocycles. The molecule has 1 aliphatic rings. The van der Waals surface area contributed by atoms with Gasteiger partial charge in [0, 0.05) is 38.9 Å². The van der Waals surface area contributed by atoms with Crippen molar-refractivity contribution in [3.63, 3.8) is 0 Å². The highest BCUT2D eigenvalue weighted by Crippen LogP contribution is 2.17.